The van der Waals surface area contributed by atoms with Crippen molar-refractivity contribution < 1.29 is 80.2 Å². The lowest BCUT2D eigenvalue weighted by molar-refractivity contribution is -0.161. The highest BCUT2D eigenvalue weighted by atomic mass is 31.2. The maximum absolute atomic E-state index is 13.0. The zero-order valence-corrected chi connectivity index (χ0v) is 56.7. The van der Waals surface area contributed by atoms with Crippen LogP contribution in [0.15, 0.2) is 0 Å². The Hall–Kier alpha value is -1.94. The van der Waals surface area contributed by atoms with Gasteiger partial charge in [-0.3, -0.25) is 37.3 Å². The van der Waals surface area contributed by atoms with Crippen LogP contribution in [0, 0.1) is 11.8 Å². The number of unbranched alkanes of at least 4 members (excludes halogenated alkanes) is 35. The third kappa shape index (κ3) is 60.7. The maximum atomic E-state index is 13.0. The fourth-order valence-corrected chi connectivity index (χ4v) is 11.5. The van der Waals surface area contributed by atoms with Crippen LogP contribution in [-0.4, -0.2) is 96.7 Å². The smallest absolute Gasteiger partial charge is 0.462 e. The minimum Gasteiger partial charge on any atom is -0.462 e. The first-order valence-electron chi connectivity index (χ1n) is 34.5. The van der Waals surface area contributed by atoms with E-state index in [2.05, 4.69) is 41.5 Å². The molecule has 0 radical (unpaired) electrons. The molecular formula is C66H128O17P2. The molecule has 5 atom stereocenters. The van der Waals surface area contributed by atoms with Gasteiger partial charge in [-0.05, 0) is 37.5 Å². The van der Waals surface area contributed by atoms with Crippen LogP contribution in [-0.2, 0) is 65.4 Å². The zero-order chi connectivity index (χ0) is 62.9. The third-order valence-electron chi connectivity index (χ3n) is 15.2. The van der Waals surface area contributed by atoms with Crippen LogP contribution in [0.1, 0.15) is 330 Å². The molecule has 19 heteroatoms. The molecule has 0 spiro atoms. The molecule has 504 valence electrons. The summed E-state index contributed by atoms with van der Waals surface area (Å²) in [6.45, 7) is 9.46. The van der Waals surface area contributed by atoms with E-state index in [1.165, 1.54) is 135 Å². The SMILES string of the molecule is CCCCCCCCCCCCCCC(=O)O[C@H](COC(=O)CCCCCCCCC)COP(=O)(O)OC[C@H](O)COP(=O)(O)OC[C@@H](COC(=O)CCCCCCCCCCCC(C)C)OC(=O)CCCCCCCCCCCCCC(C)C. The average Bonchev–Trinajstić information content (AvgIpc) is 3.50. The third-order valence-corrected chi connectivity index (χ3v) is 17.1. The molecule has 0 aliphatic heterocycles. The normalized spacial score (nSPS) is 14.2. The van der Waals surface area contributed by atoms with Crippen LogP contribution < -0.4 is 0 Å². The highest BCUT2D eigenvalue weighted by molar-refractivity contribution is 7.47. The first-order valence-corrected chi connectivity index (χ1v) is 37.5. The Balaban J connectivity index is 5.22. The number of aliphatic hydroxyl groups is 1. The predicted molar refractivity (Wildman–Crippen MR) is 340 cm³/mol. The molecule has 0 bridgehead atoms. The molecule has 0 amide bonds. The summed E-state index contributed by atoms with van der Waals surface area (Å²) >= 11 is 0. The van der Waals surface area contributed by atoms with Crippen LogP contribution in [0.4, 0.5) is 0 Å². The van der Waals surface area contributed by atoms with Crippen molar-refractivity contribution in [2.45, 2.75) is 349 Å². The topological polar surface area (TPSA) is 237 Å². The first kappa shape index (κ1) is 83.1. The number of phosphoric ester groups is 2. The molecule has 0 aromatic carbocycles. The quantitative estimate of drug-likeness (QED) is 0.0222. The molecule has 17 nitrogen and oxygen atoms in total. The monoisotopic (exact) mass is 1250 g/mol. The molecule has 0 aromatic rings. The van der Waals surface area contributed by atoms with Gasteiger partial charge >= 0.3 is 39.5 Å². The molecule has 0 aliphatic carbocycles. The number of rotatable bonds is 65. The van der Waals surface area contributed by atoms with E-state index in [1.807, 2.05) is 0 Å². The summed E-state index contributed by atoms with van der Waals surface area (Å²) < 4.78 is 68.0. The van der Waals surface area contributed by atoms with Crippen LogP contribution in [0.25, 0.3) is 0 Å². The Morgan fingerprint density at radius 2 is 0.541 bits per heavy atom. The van der Waals surface area contributed by atoms with Crippen LogP contribution in [0.3, 0.4) is 0 Å². The molecular weight excluding hydrogens is 1130 g/mol. The van der Waals surface area contributed by atoms with Gasteiger partial charge in [-0.1, -0.05) is 279 Å². The summed E-state index contributed by atoms with van der Waals surface area (Å²) in [5.74, 6) is -0.624. The number of phosphoric acid groups is 2. The van der Waals surface area contributed by atoms with Crippen molar-refractivity contribution in [2.24, 2.45) is 11.8 Å². The van der Waals surface area contributed by atoms with Gasteiger partial charge in [0.25, 0.3) is 0 Å². The summed E-state index contributed by atoms with van der Waals surface area (Å²) in [6.07, 6.45) is 41.7. The van der Waals surface area contributed by atoms with Gasteiger partial charge in [0.05, 0.1) is 26.4 Å². The van der Waals surface area contributed by atoms with Crippen molar-refractivity contribution in [3.63, 3.8) is 0 Å². The Morgan fingerprint density at radius 3 is 0.800 bits per heavy atom. The number of carbonyl (C=O) groups excluding carboxylic acids is 4. The van der Waals surface area contributed by atoms with Crippen LogP contribution in [0.5, 0.6) is 0 Å². The van der Waals surface area contributed by atoms with E-state index in [1.54, 1.807) is 0 Å². The van der Waals surface area contributed by atoms with Gasteiger partial charge in [0.2, 0.25) is 0 Å². The van der Waals surface area contributed by atoms with E-state index in [9.17, 15) is 43.2 Å². The molecule has 0 aliphatic rings. The molecule has 0 aromatic heterocycles. The lowest BCUT2D eigenvalue weighted by atomic mass is 10.0. The second-order valence-corrected chi connectivity index (χ2v) is 27.7. The molecule has 0 rings (SSSR count). The van der Waals surface area contributed by atoms with Gasteiger partial charge in [0.15, 0.2) is 12.2 Å². The number of carbonyl (C=O) groups is 4. The standard InChI is InChI=1S/C66H128O17P2/c1-7-9-11-13-15-16-17-20-25-32-38-44-50-65(70)82-61(54-76-63(68)48-42-36-28-14-12-10-8-2)56-80-84(72,73)78-52-60(67)53-79-85(74,75)81-57-62(55-77-64(69)49-43-37-31-27-22-24-30-35-41-47-59(5)6)83-66(71)51-45-39-33-26-21-18-19-23-29-34-40-46-58(3)4/h58-62,67H,7-57H2,1-6H3,(H,72,73)(H,74,75)/t60-,61+,62+/m0/s1. The second kappa shape index (κ2) is 58.4. The summed E-state index contributed by atoms with van der Waals surface area (Å²) in [5.41, 5.74) is 0. The Labute approximate surface area is 517 Å². The van der Waals surface area contributed by atoms with Crippen molar-refractivity contribution >= 4 is 39.5 Å². The lowest BCUT2D eigenvalue weighted by Gasteiger charge is -2.21. The predicted octanol–water partition coefficient (Wildman–Crippen LogP) is 18.4. The van der Waals surface area contributed by atoms with Gasteiger partial charge in [-0.25, -0.2) is 9.13 Å². The maximum Gasteiger partial charge on any atom is 0.472 e. The fourth-order valence-electron chi connectivity index (χ4n) is 9.88. The zero-order valence-electron chi connectivity index (χ0n) is 54.9. The number of ether oxygens (including phenoxy) is 4. The van der Waals surface area contributed by atoms with Crippen molar-refractivity contribution in [1.82, 2.24) is 0 Å². The van der Waals surface area contributed by atoms with E-state index in [4.69, 9.17) is 37.0 Å². The van der Waals surface area contributed by atoms with Gasteiger partial charge in [0, 0.05) is 25.7 Å². The van der Waals surface area contributed by atoms with Crippen LogP contribution in [0.2, 0.25) is 0 Å². The number of aliphatic hydroxyl groups excluding tert-OH is 1. The minimum absolute atomic E-state index is 0.106. The fraction of sp³-hybridized carbons (Fsp3) is 0.939. The Bertz CT molecular complexity index is 1670. The van der Waals surface area contributed by atoms with E-state index in [0.29, 0.717) is 25.7 Å². The van der Waals surface area contributed by atoms with Crippen molar-refractivity contribution in [3.8, 4) is 0 Å². The van der Waals surface area contributed by atoms with Gasteiger partial charge in [-0.15, -0.1) is 0 Å². The summed E-state index contributed by atoms with van der Waals surface area (Å²) in [7, 11) is -9.89. The summed E-state index contributed by atoms with van der Waals surface area (Å²) in [6, 6.07) is 0. The van der Waals surface area contributed by atoms with E-state index < -0.39 is 97.5 Å². The molecule has 0 heterocycles. The number of esters is 4. The number of hydrogen-bond donors (Lipinski definition) is 3. The minimum atomic E-state index is -4.95. The van der Waals surface area contributed by atoms with Crippen LogP contribution >= 0.6 is 15.6 Å². The van der Waals surface area contributed by atoms with Crippen molar-refractivity contribution in [3.05, 3.63) is 0 Å². The highest BCUT2D eigenvalue weighted by Crippen LogP contribution is 2.45. The summed E-state index contributed by atoms with van der Waals surface area (Å²) in [5, 5.41) is 10.5. The van der Waals surface area contributed by atoms with Gasteiger partial charge in [-0.2, -0.15) is 0 Å². The van der Waals surface area contributed by atoms with E-state index in [-0.39, 0.29) is 25.7 Å². The molecule has 85 heavy (non-hydrogen) atoms. The average molecular weight is 1260 g/mol. The first-order chi connectivity index (χ1) is 40.9. The lowest BCUT2D eigenvalue weighted by Crippen LogP contribution is -2.30. The molecule has 0 fully saturated rings. The molecule has 0 saturated carbocycles. The second-order valence-electron chi connectivity index (χ2n) is 24.8. The van der Waals surface area contributed by atoms with Gasteiger partial charge in [0.1, 0.15) is 19.3 Å². The van der Waals surface area contributed by atoms with E-state index >= 15 is 0 Å². The van der Waals surface area contributed by atoms with E-state index in [0.717, 1.165) is 115 Å². The molecule has 2 unspecified atom stereocenters. The number of hydrogen-bond acceptors (Lipinski definition) is 15. The van der Waals surface area contributed by atoms with Crippen molar-refractivity contribution in [2.75, 3.05) is 39.6 Å². The van der Waals surface area contributed by atoms with Crippen molar-refractivity contribution in [1.29, 1.82) is 0 Å². The Kier molecular flexibility index (Phi) is 57.1. The molecule has 0 saturated heterocycles. The highest BCUT2D eigenvalue weighted by Gasteiger charge is 2.30. The Morgan fingerprint density at radius 1 is 0.318 bits per heavy atom. The largest absolute Gasteiger partial charge is 0.472 e. The van der Waals surface area contributed by atoms with Gasteiger partial charge < -0.3 is 33.8 Å². The molecule has 3 N–H and O–H groups in total. The summed E-state index contributed by atoms with van der Waals surface area (Å²) in [4.78, 5) is 72.2.